The molecule has 0 aliphatic heterocycles. The van der Waals surface area contributed by atoms with Crippen molar-refractivity contribution in [3.63, 3.8) is 0 Å². The third-order valence-corrected chi connectivity index (χ3v) is 4.24. The van der Waals surface area contributed by atoms with Crippen LogP contribution in [-0.4, -0.2) is 5.78 Å². The molecule has 2 rings (SSSR count). The molecule has 0 radical (unpaired) electrons. The van der Waals surface area contributed by atoms with Crippen LogP contribution in [-0.2, 0) is 0 Å². The van der Waals surface area contributed by atoms with Crippen LogP contribution in [0.15, 0.2) is 36.4 Å². The summed E-state index contributed by atoms with van der Waals surface area (Å²) in [7, 11) is 0. The smallest absolute Gasteiger partial charge is 0.193 e. The number of aryl methyl sites for hydroxylation is 2. The summed E-state index contributed by atoms with van der Waals surface area (Å²) in [5.74, 6) is 0.0140. The second kappa shape index (κ2) is 5.41. The first-order chi connectivity index (χ1) is 8.47. The van der Waals surface area contributed by atoms with Gasteiger partial charge < -0.3 is 0 Å². The third kappa shape index (κ3) is 2.93. The molecule has 18 heavy (non-hydrogen) atoms. The molecule has 2 aromatic carbocycles. The van der Waals surface area contributed by atoms with Gasteiger partial charge in [0, 0.05) is 14.7 Å². The summed E-state index contributed by atoms with van der Waals surface area (Å²) < 4.78 is 0.950. The van der Waals surface area contributed by atoms with Crippen molar-refractivity contribution in [1.82, 2.24) is 0 Å². The maximum atomic E-state index is 12.4. The standard InChI is InChI=1S/C15H12ClIO/c1-9-5-10(2)7-12(6-9)15(18)11-3-4-14(17)13(16)8-11/h3-8H,1-2H3. The van der Waals surface area contributed by atoms with Gasteiger partial charge in [-0.05, 0) is 66.8 Å². The highest BCUT2D eigenvalue weighted by Gasteiger charge is 2.11. The normalized spacial score (nSPS) is 10.4. The lowest BCUT2D eigenvalue weighted by Crippen LogP contribution is -2.02. The first-order valence-electron chi connectivity index (χ1n) is 5.55. The van der Waals surface area contributed by atoms with Crippen LogP contribution < -0.4 is 0 Å². The number of hydrogen-bond donors (Lipinski definition) is 0. The van der Waals surface area contributed by atoms with Gasteiger partial charge in [0.1, 0.15) is 0 Å². The van der Waals surface area contributed by atoms with Crippen LogP contribution in [0.5, 0.6) is 0 Å². The van der Waals surface area contributed by atoms with E-state index < -0.39 is 0 Å². The fraction of sp³-hybridized carbons (Fsp3) is 0.133. The molecule has 2 aromatic rings. The Labute approximate surface area is 125 Å². The minimum Gasteiger partial charge on any atom is -0.289 e. The summed E-state index contributed by atoms with van der Waals surface area (Å²) >= 11 is 8.19. The summed E-state index contributed by atoms with van der Waals surface area (Å²) in [6, 6.07) is 11.3. The van der Waals surface area contributed by atoms with Gasteiger partial charge in [-0.1, -0.05) is 28.8 Å². The molecular formula is C15H12ClIO. The molecule has 0 spiro atoms. The Kier molecular flexibility index (Phi) is 4.07. The number of ketones is 1. The zero-order chi connectivity index (χ0) is 13.3. The number of hydrogen-bond acceptors (Lipinski definition) is 1. The molecule has 0 unspecified atom stereocenters. The van der Waals surface area contributed by atoms with Crippen LogP contribution in [0.25, 0.3) is 0 Å². The molecule has 0 aliphatic carbocycles. The second-order valence-electron chi connectivity index (χ2n) is 4.33. The predicted octanol–water partition coefficient (Wildman–Crippen LogP) is 4.79. The van der Waals surface area contributed by atoms with Gasteiger partial charge in [0.15, 0.2) is 5.78 Å². The summed E-state index contributed by atoms with van der Waals surface area (Å²) in [6.07, 6.45) is 0. The fourth-order valence-electron chi connectivity index (χ4n) is 1.91. The first-order valence-corrected chi connectivity index (χ1v) is 7.01. The van der Waals surface area contributed by atoms with E-state index >= 15 is 0 Å². The molecule has 92 valence electrons. The SMILES string of the molecule is Cc1cc(C)cc(C(=O)c2ccc(I)c(Cl)c2)c1. The van der Waals surface area contributed by atoms with Crippen molar-refractivity contribution in [2.24, 2.45) is 0 Å². The molecule has 0 saturated carbocycles. The Morgan fingerprint density at radius 2 is 1.61 bits per heavy atom. The van der Waals surface area contributed by atoms with Crippen molar-refractivity contribution in [3.05, 3.63) is 67.2 Å². The number of halogens is 2. The van der Waals surface area contributed by atoms with Crippen molar-refractivity contribution < 1.29 is 4.79 Å². The third-order valence-electron chi connectivity index (χ3n) is 2.67. The van der Waals surface area contributed by atoms with Crippen LogP contribution in [0.2, 0.25) is 5.02 Å². The van der Waals surface area contributed by atoms with Gasteiger partial charge in [0.2, 0.25) is 0 Å². The van der Waals surface area contributed by atoms with Crippen LogP contribution >= 0.6 is 34.2 Å². The largest absolute Gasteiger partial charge is 0.289 e. The van der Waals surface area contributed by atoms with Crippen LogP contribution in [0.3, 0.4) is 0 Å². The van der Waals surface area contributed by atoms with Crippen molar-refractivity contribution in [2.45, 2.75) is 13.8 Å². The van der Waals surface area contributed by atoms with E-state index in [-0.39, 0.29) is 5.78 Å². The quantitative estimate of drug-likeness (QED) is 0.548. The van der Waals surface area contributed by atoms with E-state index in [2.05, 4.69) is 28.7 Å². The minimum atomic E-state index is 0.0140. The van der Waals surface area contributed by atoms with Crippen LogP contribution in [0.1, 0.15) is 27.0 Å². The van der Waals surface area contributed by atoms with E-state index in [1.165, 1.54) is 0 Å². The Balaban J connectivity index is 2.44. The molecular weight excluding hydrogens is 359 g/mol. The minimum absolute atomic E-state index is 0.0140. The van der Waals surface area contributed by atoms with Crippen LogP contribution in [0.4, 0.5) is 0 Å². The number of carbonyl (C=O) groups is 1. The highest BCUT2D eigenvalue weighted by atomic mass is 127. The lowest BCUT2D eigenvalue weighted by molar-refractivity contribution is 0.103. The van der Waals surface area contributed by atoms with Crippen molar-refractivity contribution in [3.8, 4) is 0 Å². The van der Waals surface area contributed by atoms with Gasteiger partial charge in [-0.3, -0.25) is 4.79 Å². The zero-order valence-corrected chi connectivity index (χ0v) is 13.0. The maximum absolute atomic E-state index is 12.4. The Bertz CT molecular complexity index is 600. The summed E-state index contributed by atoms with van der Waals surface area (Å²) in [6.45, 7) is 3.98. The van der Waals surface area contributed by atoms with Gasteiger partial charge in [-0.2, -0.15) is 0 Å². The number of carbonyl (C=O) groups excluding carboxylic acids is 1. The van der Waals surface area contributed by atoms with Gasteiger partial charge in [-0.15, -0.1) is 0 Å². The van der Waals surface area contributed by atoms with E-state index in [4.69, 9.17) is 11.6 Å². The molecule has 0 atom stereocenters. The molecule has 3 heteroatoms. The van der Waals surface area contributed by atoms with E-state index in [1.54, 1.807) is 6.07 Å². The maximum Gasteiger partial charge on any atom is 0.193 e. The fourth-order valence-corrected chi connectivity index (χ4v) is 2.43. The molecule has 0 heterocycles. The first kappa shape index (κ1) is 13.6. The molecule has 0 aromatic heterocycles. The molecule has 0 amide bonds. The number of rotatable bonds is 2. The number of benzene rings is 2. The Hall–Kier alpha value is -0.870. The molecule has 1 nitrogen and oxygen atoms in total. The summed E-state index contributed by atoms with van der Waals surface area (Å²) in [5, 5.41) is 0.617. The van der Waals surface area contributed by atoms with Gasteiger partial charge in [0.05, 0.1) is 5.02 Å². The van der Waals surface area contributed by atoms with E-state index in [9.17, 15) is 4.79 Å². The molecule has 0 N–H and O–H groups in total. The van der Waals surface area contributed by atoms with E-state index in [0.717, 1.165) is 14.7 Å². The van der Waals surface area contributed by atoms with Gasteiger partial charge >= 0.3 is 0 Å². The zero-order valence-electron chi connectivity index (χ0n) is 10.1. The van der Waals surface area contributed by atoms with Gasteiger partial charge in [0.25, 0.3) is 0 Å². The van der Waals surface area contributed by atoms with Gasteiger partial charge in [-0.25, -0.2) is 0 Å². The van der Waals surface area contributed by atoms with Crippen molar-refractivity contribution >= 4 is 40.0 Å². The van der Waals surface area contributed by atoms with Crippen molar-refractivity contribution in [2.75, 3.05) is 0 Å². The summed E-state index contributed by atoms with van der Waals surface area (Å²) in [5.41, 5.74) is 3.53. The topological polar surface area (TPSA) is 17.1 Å². The molecule has 0 fully saturated rings. The lowest BCUT2D eigenvalue weighted by Gasteiger charge is -2.05. The molecule has 0 bridgehead atoms. The monoisotopic (exact) mass is 370 g/mol. The molecule has 0 aliphatic rings. The van der Waals surface area contributed by atoms with E-state index in [0.29, 0.717) is 16.1 Å². The average molecular weight is 371 g/mol. The Morgan fingerprint density at radius 3 is 2.17 bits per heavy atom. The lowest BCUT2D eigenvalue weighted by atomic mass is 9.99. The highest BCUT2D eigenvalue weighted by molar-refractivity contribution is 14.1. The predicted molar refractivity (Wildman–Crippen MR) is 83.5 cm³/mol. The van der Waals surface area contributed by atoms with Crippen LogP contribution in [0, 0.1) is 17.4 Å². The van der Waals surface area contributed by atoms with Crippen molar-refractivity contribution in [1.29, 1.82) is 0 Å². The highest BCUT2D eigenvalue weighted by Crippen LogP contribution is 2.22. The average Bonchev–Trinajstić information content (AvgIpc) is 2.30. The summed E-state index contributed by atoms with van der Waals surface area (Å²) in [4.78, 5) is 12.4. The second-order valence-corrected chi connectivity index (χ2v) is 5.90. The molecule has 0 saturated heterocycles. The Morgan fingerprint density at radius 1 is 1.00 bits per heavy atom. The van der Waals surface area contributed by atoms with E-state index in [1.807, 2.05) is 38.1 Å².